The van der Waals surface area contributed by atoms with Crippen LogP contribution in [0.1, 0.15) is 42.9 Å². The number of rotatable bonds is 6. The lowest BCUT2D eigenvalue weighted by atomic mass is 10.0. The van der Waals surface area contributed by atoms with Gasteiger partial charge in [-0.25, -0.2) is 0 Å². The number of aryl methyl sites for hydroxylation is 1. The summed E-state index contributed by atoms with van der Waals surface area (Å²) in [6, 6.07) is 25.4. The maximum absolute atomic E-state index is 12.2. The number of pyridine rings is 1. The highest BCUT2D eigenvalue weighted by Gasteiger charge is 2.42. The van der Waals surface area contributed by atoms with E-state index in [-0.39, 0.29) is 23.9 Å². The molecule has 6 nitrogen and oxygen atoms in total. The van der Waals surface area contributed by atoms with Crippen LogP contribution < -0.4 is 15.5 Å². The lowest BCUT2D eigenvalue weighted by Gasteiger charge is -2.27. The summed E-state index contributed by atoms with van der Waals surface area (Å²) >= 11 is 5.83. The largest absolute Gasteiger partial charge is 0.459 e. The normalized spacial score (nSPS) is 17.3. The topological polar surface area (TPSA) is 70.4 Å². The van der Waals surface area contributed by atoms with Gasteiger partial charge < -0.3 is 20.0 Å². The molecule has 3 heterocycles. The average molecular weight is 497 g/mol. The number of carbonyl (C=O) groups excluding carboxylic acids is 1. The molecule has 2 N–H and O–H groups in total. The van der Waals surface area contributed by atoms with Crippen LogP contribution in [0.15, 0.2) is 89.5 Å². The Bertz CT molecular complexity index is 1380. The molecule has 7 heteroatoms. The van der Waals surface area contributed by atoms with E-state index in [0.29, 0.717) is 5.11 Å². The van der Waals surface area contributed by atoms with Gasteiger partial charge in [0, 0.05) is 29.1 Å². The predicted molar refractivity (Wildman–Crippen MR) is 147 cm³/mol. The zero-order valence-corrected chi connectivity index (χ0v) is 21.3. The fourth-order valence-corrected chi connectivity index (χ4v) is 4.75. The Morgan fingerprint density at radius 3 is 2.53 bits per heavy atom. The third-order valence-corrected chi connectivity index (χ3v) is 6.66. The van der Waals surface area contributed by atoms with Gasteiger partial charge in [0.25, 0.3) is 0 Å². The molecule has 1 saturated heterocycles. The van der Waals surface area contributed by atoms with Crippen molar-refractivity contribution in [2.45, 2.75) is 32.9 Å². The highest BCUT2D eigenvalue weighted by Crippen LogP contribution is 2.43. The van der Waals surface area contributed by atoms with Crippen LogP contribution in [-0.2, 0) is 4.79 Å². The molecule has 1 amide bonds. The van der Waals surface area contributed by atoms with E-state index in [1.54, 1.807) is 6.20 Å². The van der Waals surface area contributed by atoms with Gasteiger partial charge in [0.1, 0.15) is 17.6 Å². The van der Waals surface area contributed by atoms with Crippen molar-refractivity contribution in [3.63, 3.8) is 0 Å². The highest BCUT2D eigenvalue weighted by molar-refractivity contribution is 7.80. The van der Waals surface area contributed by atoms with Gasteiger partial charge in [-0.05, 0) is 67.2 Å². The van der Waals surface area contributed by atoms with Crippen LogP contribution in [0.5, 0.6) is 0 Å². The molecule has 5 rings (SSSR count). The molecule has 0 aliphatic carbocycles. The molecule has 2 aromatic heterocycles. The van der Waals surface area contributed by atoms with E-state index in [9.17, 15) is 4.79 Å². The van der Waals surface area contributed by atoms with Crippen molar-refractivity contribution in [3.8, 4) is 11.3 Å². The quantitative estimate of drug-likeness (QED) is 0.300. The molecular formula is C29H28N4O2S. The monoisotopic (exact) mass is 496 g/mol. The minimum Gasteiger partial charge on any atom is -0.459 e. The molecule has 0 unspecified atom stereocenters. The molecule has 2 aromatic carbocycles. The van der Waals surface area contributed by atoms with E-state index < -0.39 is 0 Å². The first-order chi connectivity index (χ1) is 17.4. The van der Waals surface area contributed by atoms with Crippen LogP contribution >= 0.6 is 12.2 Å². The molecule has 0 bridgehead atoms. The second kappa shape index (κ2) is 9.95. The summed E-state index contributed by atoms with van der Waals surface area (Å²) in [5.74, 6) is 1.47. The second-order valence-corrected chi connectivity index (χ2v) is 9.59. The summed E-state index contributed by atoms with van der Waals surface area (Å²) in [5.41, 5.74) is 4.54. The first-order valence-corrected chi connectivity index (χ1v) is 12.4. The smallest absolute Gasteiger partial charge is 0.226 e. The van der Waals surface area contributed by atoms with E-state index >= 15 is 0 Å². The number of carbonyl (C=O) groups is 1. The zero-order chi connectivity index (χ0) is 25.2. The van der Waals surface area contributed by atoms with Crippen molar-refractivity contribution in [1.82, 2.24) is 10.3 Å². The predicted octanol–water partition coefficient (Wildman–Crippen LogP) is 6.42. The minimum atomic E-state index is -0.250. The average Bonchev–Trinajstić information content (AvgIpc) is 3.51. The maximum Gasteiger partial charge on any atom is 0.226 e. The van der Waals surface area contributed by atoms with Crippen molar-refractivity contribution in [2.75, 3.05) is 10.2 Å². The van der Waals surface area contributed by atoms with Crippen LogP contribution in [0, 0.1) is 12.8 Å². The summed E-state index contributed by atoms with van der Waals surface area (Å²) < 4.78 is 6.41. The fraction of sp³-hybridized carbons (Fsp3) is 0.207. The number of nitrogens with zero attached hydrogens (tertiary/aromatic N) is 2. The van der Waals surface area contributed by atoms with Gasteiger partial charge in [-0.3, -0.25) is 9.78 Å². The van der Waals surface area contributed by atoms with Gasteiger partial charge in [0.05, 0.1) is 11.7 Å². The van der Waals surface area contributed by atoms with E-state index in [0.717, 1.165) is 39.7 Å². The Balaban J connectivity index is 1.54. The number of hydrogen-bond acceptors (Lipinski definition) is 4. The Kier molecular flexibility index (Phi) is 6.57. The van der Waals surface area contributed by atoms with Crippen molar-refractivity contribution in [3.05, 3.63) is 102 Å². The first-order valence-electron chi connectivity index (χ1n) is 12.0. The van der Waals surface area contributed by atoms with Gasteiger partial charge >= 0.3 is 0 Å². The van der Waals surface area contributed by atoms with Crippen molar-refractivity contribution in [2.24, 2.45) is 5.92 Å². The van der Waals surface area contributed by atoms with Crippen molar-refractivity contribution in [1.29, 1.82) is 0 Å². The molecule has 0 radical (unpaired) electrons. The van der Waals surface area contributed by atoms with Gasteiger partial charge in [-0.2, -0.15) is 0 Å². The van der Waals surface area contributed by atoms with Crippen molar-refractivity contribution >= 4 is 34.6 Å². The number of hydrogen-bond donors (Lipinski definition) is 2. The van der Waals surface area contributed by atoms with Gasteiger partial charge in [-0.1, -0.05) is 50.2 Å². The first kappa shape index (κ1) is 23.8. The number of thiocarbonyl (C=S) groups is 1. The van der Waals surface area contributed by atoms with Crippen LogP contribution in [-0.4, -0.2) is 16.0 Å². The van der Waals surface area contributed by atoms with Crippen molar-refractivity contribution < 1.29 is 9.21 Å². The van der Waals surface area contributed by atoms with Gasteiger partial charge in [-0.15, -0.1) is 0 Å². The SMILES string of the molecule is Cc1cc(N2C(=S)N[C@H](c3ccccn3)[C@H]2c2ccc(-c3ccccc3)o2)ccc1NC(=O)C(C)C. The van der Waals surface area contributed by atoms with E-state index in [4.69, 9.17) is 16.6 Å². The third kappa shape index (κ3) is 4.62. The fourth-order valence-electron chi connectivity index (χ4n) is 4.41. The Morgan fingerprint density at radius 2 is 1.83 bits per heavy atom. The van der Waals surface area contributed by atoms with E-state index in [2.05, 4.69) is 20.5 Å². The molecule has 0 spiro atoms. The molecule has 4 aromatic rings. The van der Waals surface area contributed by atoms with Crippen LogP contribution in [0.4, 0.5) is 11.4 Å². The van der Waals surface area contributed by atoms with Gasteiger partial charge in [0.2, 0.25) is 5.91 Å². The molecule has 0 saturated carbocycles. The number of furan rings is 1. The molecule has 182 valence electrons. The lowest BCUT2D eigenvalue weighted by Crippen LogP contribution is -2.29. The molecular weight excluding hydrogens is 468 g/mol. The number of amides is 1. The Hall–Kier alpha value is -3.97. The minimum absolute atomic E-state index is 0.0127. The summed E-state index contributed by atoms with van der Waals surface area (Å²) in [6.45, 7) is 5.74. The van der Waals surface area contributed by atoms with Gasteiger partial charge in [0.15, 0.2) is 5.11 Å². The third-order valence-electron chi connectivity index (χ3n) is 6.35. The Morgan fingerprint density at radius 1 is 1.06 bits per heavy atom. The molecule has 1 aliphatic heterocycles. The standard InChI is InChI=1S/C29H28N4O2S/c1-18(2)28(34)31-22-13-12-21(17-19(22)3)33-27(26(32-29(33)36)23-11-7-8-16-30-23)25-15-14-24(35-25)20-9-5-4-6-10-20/h4-18,26-27H,1-3H3,(H,31,34)(H,32,36)/t26-,27-/m1/s1. The number of anilines is 2. The second-order valence-electron chi connectivity index (χ2n) is 9.21. The summed E-state index contributed by atoms with van der Waals surface area (Å²) in [6.07, 6.45) is 1.79. The number of benzene rings is 2. The van der Waals surface area contributed by atoms with Crippen LogP contribution in [0.25, 0.3) is 11.3 Å². The van der Waals surface area contributed by atoms with E-state index in [1.165, 1.54) is 0 Å². The molecule has 1 fully saturated rings. The summed E-state index contributed by atoms with van der Waals surface area (Å²) in [7, 11) is 0. The highest BCUT2D eigenvalue weighted by atomic mass is 32.1. The number of aromatic nitrogens is 1. The zero-order valence-electron chi connectivity index (χ0n) is 20.4. The maximum atomic E-state index is 12.2. The molecule has 2 atom stereocenters. The lowest BCUT2D eigenvalue weighted by molar-refractivity contribution is -0.118. The summed E-state index contributed by atoms with van der Waals surface area (Å²) in [5, 5.41) is 7.06. The molecule has 1 aliphatic rings. The summed E-state index contributed by atoms with van der Waals surface area (Å²) in [4.78, 5) is 18.9. The van der Waals surface area contributed by atoms with Crippen LogP contribution in [0.3, 0.4) is 0 Å². The van der Waals surface area contributed by atoms with E-state index in [1.807, 2.05) is 99.6 Å². The molecule has 36 heavy (non-hydrogen) atoms. The number of nitrogens with one attached hydrogen (secondary N) is 2. The van der Waals surface area contributed by atoms with Crippen LogP contribution in [0.2, 0.25) is 0 Å². The Labute approximate surface area is 216 Å².